The summed E-state index contributed by atoms with van der Waals surface area (Å²) in [6, 6.07) is 16.6. The predicted molar refractivity (Wildman–Crippen MR) is 164 cm³/mol. The number of nitrogens with one attached hydrogen (secondary N) is 1. The zero-order valence-corrected chi connectivity index (χ0v) is 25.6. The van der Waals surface area contributed by atoms with Crippen molar-refractivity contribution in [2.45, 2.75) is 18.0 Å². The molecule has 9 nitrogen and oxygen atoms in total. The third-order valence-corrected chi connectivity index (χ3v) is 8.81. The van der Waals surface area contributed by atoms with Gasteiger partial charge in [-0.3, -0.25) is 9.59 Å². The Morgan fingerprint density at radius 3 is 2.26 bits per heavy atom. The molecule has 1 N–H and O–H groups in total. The summed E-state index contributed by atoms with van der Waals surface area (Å²) in [5.74, 6) is -4.20. The number of pyridine rings is 1. The molecule has 2 aromatic heterocycles. The number of aromatic nitrogens is 2. The van der Waals surface area contributed by atoms with Crippen LogP contribution in [0, 0.1) is 12.7 Å². The van der Waals surface area contributed by atoms with Crippen LogP contribution in [0.5, 0.6) is 5.75 Å². The minimum Gasteiger partial charge on any atom is -0.496 e. The molecule has 0 bridgehead atoms. The Kier molecular flexibility index (Phi) is 8.34. The number of amides is 2. The average molecular weight is 655 g/mol. The second-order valence-corrected chi connectivity index (χ2v) is 12.3. The molecule has 0 fully saturated rings. The fourth-order valence-corrected chi connectivity index (χ4v) is 6.14. The lowest BCUT2D eigenvalue weighted by Crippen LogP contribution is -2.32. The molecule has 5 rings (SSSR count). The van der Waals surface area contributed by atoms with Crippen LogP contribution in [0.15, 0.2) is 84.0 Å². The van der Waals surface area contributed by atoms with Crippen molar-refractivity contribution in [2.24, 2.45) is 0 Å². The summed E-state index contributed by atoms with van der Waals surface area (Å²) in [4.78, 5) is 30.1. The molecule has 0 spiro atoms. The Morgan fingerprint density at radius 1 is 0.957 bits per heavy atom. The van der Waals surface area contributed by atoms with Gasteiger partial charge in [-0.05, 0) is 48.9 Å². The minimum absolute atomic E-state index is 0.0119. The van der Waals surface area contributed by atoms with Crippen molar-refractivity contribution in [1.82, 2.24) is 13.9 Å². The molecule has 0 aliphatic carbocycles. The lowest BCUT2D eigenvalue weighted by Gasteiger charge is -2.18. The first-order chi connectivity index (χ1) is 21.6. The molecular weight excluding hydrogens is 628 g/mol. The van der Waals surface area contributed by atoms with Crippen LogP contribution in [-0.2, 0) is 14.8 Å². The van der Waals surface area contributed by atoms with Gasteiger partial charge in [0, 0.05) is 48.6 Å². The van der Waals surface area contributed by atoms with Crippen LogP contribution in [-0.4, -0.2) is 61.5 Å². The summed E-state index contributed by atoms with van der Waals surface area (Å²) < 4.78 is 88.6. The zero-order valence-electron chi connectivity index (χ0n) is 24.8. The zero-order chi connectivity index (χ0) is 33.6. The maximum atomic E-state index is 15.4. The number of methoxy groups -OCH3 is 1. The molecule has 0 atom stereocenters. The Balaban J connectivity index is 1.75. The molecule has 0 unspecified atom stereocenters. The van der Waals surface area contributed by atoms with Crippen LogP contribution in [0.3, 0.4) is 0 Å². The smallest absolute Gasteiger partial charge is 0.471 e. The molecule has 5 aromatic rings. The second-order valence-electron chi connectivity index (χ2n) is 10.5. The highest BCUT2D eigenvalue weighted by molar-refractivity contribution is 7.90. The van der Waals surface area contributed by atoms with Crippen LogP contribution in [0.25, 0.3) is 33.3 Å². The summed E-state index contributed by atoms with van der Waals surface area (Å²) in [6.45, 7) is 1.82. The monoisotopic (exact) mass is 654 g/mol. The standard InChI is InChI=1S/C32H26F4N4O5S/c1-18-9-11-21(12-10-18)46(43,44)40-17-25(22-7-5-6-8-27(22)45-4)23-14-20(16-37-29(23)40)19-13-24(30(41)39(2)3)28(26(33)15-19)38-31(42)32(34,35)36/h5-17H,1-4H3,(H,38,42). The van der Waals surface area contributed by atoms with Crippen LogP contribution in [0.2, 0.25) is 0 Å². The number of alkyl halides is 3. The number of halogens is 4. The van der Waals surface area contributed by atoms with Gasteiger partial charge in [0.15, 0.2) is 5.65 Å². The number of carbonyl (C=O) groups is 2. The van der Waals surface area contributed by atoms with Crippen molar-refractivity contribution < 1.29 is 40.3 Å². The fourth-order valence-electron chi connectivity index (χ4n) is 4.82. The number of fused-ring (bicyclic) bond motifs is 1. The Morgan fingerprint density at radius 2 is 1.63 bits per heavy atom. The Bertz CT molecular complexity index is 2110. The molecule has 0 saturated heterocycles. The van der Waals surface area contributed by atoms with Crippen molar-refractivity contribution in [3.05, 3.63) is 96.1 Å². The number of nitrogens with zero attached hydrogens (tertiary/aromatic N) is 3. The third-order valence-electron chi connectivity index (χ3n) is 7.14. The van der Waals surface area contributed by atoms with Gasteiger partial charge in [0.2, 0.25) is 0 Å². The molecule has 2 heterocycles. The van der Waals surface area contributed by atoms with Gasteiger partial charge in [0.05, 0.1) is 23.3 Å². The Labute approximate surface area is 261 Å². The highest BCUT2D eigenvalue weighted by Crippen LogP contribution is 2.39. The van der Waals surface area contributed by atoms with Gasteiger partial charge in [-0.15, -0.1) is 0 Å². The molecule has 2 amide bonds. The van der Waals surface area contributed by atoms with E-state index in [2.05, 4.69) is 4.98 Å². The van der Waals surface area contributed by atoms with Crippen molar-refractivity contribution in [3.63, 3.8) is 0 Å². The second kappa shape index (κ2) is 11.9. The van der Waals surface area contributed by atoms with Gasteiger partial charge in [-0.2, -0.15) is 13.2 Å². The summed E-state index contributed by atoms with van der Waals surface area (Å²) in [5.41, 5.74) is 0.563. The topological polar surface area (TPSA) is 111 Å². The molecule has 0 aliphatic rings. The van der Waals surface area contributed by atoms with E-state index in [1.165, 1.54) is 57.1 Å². The fraction of sp³-hybridized carbons (Fsp3) is 0.156. The quantitative estimate of drug-likeness (QED) is 0.207. The number of aryl methyl sites for hydroxylation is 1. The maximum Gasteiger partial charge on any atom is 0.471 e. The first kappa shape index (κ1) is 32.2. The van der Waals surface area contributed by atoms with Gasteiger partial charge in [-0.1, -0.05) is 35.9 Å². The molecule has 0 aliphatic heterocycles. The number of anilines is 1. The lowest BCUT2D eigenvalue weighted by molar-refractivity contribution is -0.167. The van der Waals surface area contributed by atoms with Gasteiger partial charge in [0.1, 0.15) is 11.6 Å². The number of rotatable bonds is 7. The maximum absolute atomic E-state index is 15.4. The highest BCUT2D eigenvalue weighted by atomic mass is 32.2. The van der Waals surface area contributed by atoms with Gasteiger partial charge >= 0.3 is 12.1 Å². The number of hydrogen-bond donors (Lipinski definition) is 1. The van der Waals surface area contributed by atoms with E-state index in [9.17, 15) is 31.2 Å². The minimum atomic E-state index is -5.33. The summed E-state index contributed by atoms with van der Waals surface area (Å²) in [5, 5.41) is 1.77. The summed E-state index contributed by atoms with van der Waals surface area (Å²) in [7, 11) is -0.0804. The molecular formula is C32H26F4N4O5S. The Hall–Kier alpha value is -5.24. The van der Waals surface area contributed by atoms with E-state index in [1.807, 2.05) is 6.92 Å². The van der Waals surface area contributed by atoms with E-state index < -0.39 is 45.1 Å². The van der Waals surface area contributed by atoms with E-state index in [0.29, 0.717) is 22.3 Å². The number of para-hydroxylation sites is 1. The van der Waals surface area contributed by atoms with Crippen LogP contribution in [0.4, 0.5) is 23.2 Å². The SMILES string of the molecule is COc1ccccc1-c1cn(S(=O)(=O)c2ccc(C)cc2)c2ncc(-c3cc(F)c(NC(=O)C(F)(F)F)c(C(=O)N(C)C)c3)cc12. The first-order valence-electron chi connectivity index (χ1n) is 13.5. The van der Waals surface area contributed by atoms with Crippen LogP contribution >= 0.6 is 0 Å². The van der Waals surface area contributed by atoms with Gasteiger partial charge in [-0.25, -0.2) is 21.8 Å². The predicted octanol–water partition coefficient (Wildman–Crippen LogP) is 6.27. The third kappa shape index (κ3) is 5.90. The van der Waals surface area contributed by atoms with E-state index in [1.54, 1.807) is 36.4 Å². The highest BCUT2D eigenvalue weighted by Gasteiger charge is 2.40. The van der Waals surface area contributed by atoms with Crippen molar-refractivity contribution >= 4 is 38.6 Å². The number of benzene rings is 3. The normalized spacial score (nSPS) is 11.8. The van der Waals surface area contributed by atoms with Gasteiger partial charge < -0.3 is 15.0 Å². The van der Waals surface area contributed by atoms with Gasteiger partial charge in [0.25, 0.3) is 15.9 Å². The molecule has 0 saturated carbocycles. The van der Waals surface area contributed by atoms with E-state index in [4.69, 9.17) is 4.74 Å². The van der Waals surface area contributed by atoms with E-state index >= 15 is 4.39 Å². The summed E-state index contributed by atoms with van der Waals surface area (Å²) >= 11 is 0. The van der Waals surface area contributed by atoms with Crippen molar-refractivity contribution in [2.75, 3.05) is 26.5 Å². The van der Waals surface area contributed by atoms with Crippen molar-refractivity contribution in [3.8, 4) is 28.0 Å². The van der Waals surface area contributed by atoms with Crippen LogP contribution in [0.1, 0.15) is 15.9 Å². The largest absolute Gasteiger partial charge is 0.496 e. The average Bonchev–Trinajstić information content (AvgIpc) is 3.40. The number of ether oxygens (including phenoxy) is 1. The molecule has 14 heteroatoms. The molecule has 0 radical (unpaired) electrons. The van der Waals surface area contributed by atoms with Crippen molar-refractivity contribution in [1.29, 1.82) is 0 Å². The number of carbonyl (C=O) groups excluding carboxylic acids is 2. The lowest BCUT2D eigenvalue weighted by atomic mass is 9.99. The van der Waals surface area contributed by atoms with E-state index in [0.717, 1.165) is 26.6 Å². The van der Waals surface area contributed by atoms with E-state index in [-0.39, 0.29) is 21.7 Å². The molecule has 238 valence electrons. The summed E-state index contributed by atoms with van der Waals surface area (Å²) in [6.07, 6.45) is -2.69. The molecule has 46 heavy (non-hydrogen) atoms. The van der Waals surface area contributed by atoms with Crippen LogP contribution < -0.4 is 10.1 Å². The molecule has 3 aromatic carbocycles. The first-order valence-corrected chi connectivity index (χ1v) is 15.0. The number of hydrogen-bond acceptors (Lipinski definition) is 6.